The summed E-state index contributed by atoms with van der Waals surface area (Å²) in [6.07, 6.45) is 5.94. The highest BCUT2D eigenvalue weighted by molar-refractivity contribution is 5.67. The summed E-state index contributed by atoms with van der Waals surface area (Å²) in [5, 5.41) is 8.72. The molecule has 0 aromatic rings. The van der Waals surface area contributed by atoms with Crippen LogP contribution in [-0.2, 0) is 0 Å². The Labute approximate surface area is 66.0 Å². The van der Waals surface area contributed by atoms with Crippen molar-refractivity contribution < 1.29 is 9.90 Å². The average molecular weight is 153 g/mol. The highest BCUT2D eigenvalue weighted by Crippen LogP contribution is 2.22. The van der Waals surface area contributed by atoms with Crippen molar-refractivity contribution in [3.63, 3.8) is 0 Å². The number of nitrogens with zero attached hydrogens (tertiary/aromatic N) is 1. The molecule has 1 amide bonds. The summed E-state index contributed by atoms with van der Waals surface area (Å²) in [5.41, 5.74) is 0. The van der Waals surface area contributed by atoms with Gasteiger partial charge in [-0.1, -0.05) is 5.92 Å². The smallest absolute Gasteiger partial charge is 0.408 e. The third-order valence-corrected chi connectivity index (χ3v) is 2.08. The van der Waals surface area contributed by atoms with Crippen LogP contribution in [0.25, 0.3) is 0 Å². The number of likely N-dealkylation sites (tertiary alicyclic amines) is 1. The van der Waals surface area contributed by atoms with Gasteiger partial charge in [0, 0.05) is 6.04 Å². The lowest BCUT2D eigenvalue weighted by Crippen LogP contribution is -2.38. The van der Waals surface area contributed by atoms with Crippen LogP contribution in [0.15, 0.2) is 0 Å². The largest absolute Gasteiger partial charge is 0.465 e. The van der Waals surface area contributed by atoms with Gasteiger partial charge in [-0.15, -0.1) is 6.42 Å². The average Bonchev–Trinajstić information content (AvgIpc) is 2.30. The molecule has 1 saturated heterocycles. The molecule has 3 nitrogen and oxygen atoms in total. The van der Waals surface area contributed by atoms with Crippen molar-refractivity contribution in [1.82, 2.24) is 4.90 Å². The number of amides is 1. The molecule has 1 fully saturated rings. The lowest BCUT2D eigenvalue weighted by Gasteiger charge is -2.21. The maximum Gasteiger partial charge on any atom is 0.408 e. The predicted octanol–water partition coefficient (Wildman–Crippen LogP) is 1.15. The molecule has 0 saturated carbocycles. The quantitative estimate of drug-likeness (QED) is 0.530. The molecule has 0 aliphatic carbocycles. The normalized spacial score (nSPS) is 30.0. The van der Waals surface area contributed by atoms with Gasteiger partial charge in [0.05, 0.1) is 6.04 Å². The van der Waals surface area contributed by atoms with E-state index in [0.29, 0.717) is 0 Å². The molecule has 0 bridgehead atoms. The molecular formula is C8H11NO2. The van der Waals surface area contributed by atoms with E-state index < -0.39 is 6.09 Å². The number of hydrogen-bond acceptors (Lipinski definition) is 1. The Bertz CT molecular complexity index is 207. The van der Waals surface area contributed by atoms with E-state index in [1.54, 1.807) is 0 Å². The molecule has 1 N–H and O–H groups in total. The molecule has 3 heteroatoms. The Hall–Kier alpha value is -1.17. The number of terminal acetylenes is 1. The van der Waals surface area contributed by atoms with Gasteiger partial charge in [-0.3, -0.25) is 4.90 Å². The van der Waals surface area contributed by atoms with E-state index in [1.165, 1.54) is 4.90 Å². The molecule has 1 aliphatic heterocycles. The Kier molecular flexibility index (Phi) is 2.04. The van der Waals surface area contributed by atoms with Crippen molar-refractivity contribution in [3.05, 3.63) is 0 Å². The molecular weight excluding hydrogens is 142 g/mol. The molecule has 60 valence electrons. The second-order valence-corrected chi connectivity index (χ2v) is 2.80. The van der Waals surface area contributed by atoms with E-state index in [2.05, 4.69) is 5.92 Å². The van der Waals surface area contributed by atoms with Crippen LogP contribution in [0, 0.1) is 12.3 Å². The number of hydrogen-bond donors (Lipinski definition) is 1. The van der Waals surface area contributed by atoms with Crippen LogP contribution in [0.4, 0.5) is 4.79 Å². The summed E-state index contributed by atoms with van der Waals surface area (Å²) in [7, 11) is 0. The Morgan fingerprint density at radius 2 is 2.36 bits per heavy atom. The fourth-order valence-electron chi connectivity index (χ4n) is 1.47. The maximum atomic E-state index is 10.6. The molecule has 1 rings (SSSR count). The minimum atomic E-state index is -0.905. The first kappa shape index (κ1) is 7.93. The second-order valence-electron chi connectivity index (χ2n) is 2.80. The molecule has 0 aromatic carbocycles. The molecule has 11 heavy (non-hydrogen) atoms. The van der Waals surface area contributed by atoms with Gasteiger partial charge in [-0.05, 0) is 19.8 Å². The van der Waals surface area contributed by atoms with Gasteiger partial charge in [0.15, 0.2) is 0 Å². The van der Waals surface area contributed by atoms with Crippen molar-refractivity contribution >= 4 is 6.09 Å². The SMILES string of the molecule is C#C[C@@H]1CC[C@@H](C)N1C(=O)O. The van der Waals surface area contributed by atoms with Crippen molar-refractivity contribution in [2.24, 2.45) is 0 Å². The van der Waals surface area contributed by atoms with Crippen molar-refractivity contribution in [3.8, 4) is 12.3 Å². The van der Waals surface area contributed by atoms with Crippen LogP contribution in [0.1, 0.15) is 19.8 Å². The van der Waals surface area contributed by atoms with E-state index in [4.69, 9.17) is 11.5 Å². The Morgan fingerprint density at radius 1 is 1.73 bits per heavy atom. The highest BCUT2D eigenvalue weighted by atomic mass is 16.4. The van der Waals surface area contributed by atoms with Crippen molar-refractivity contribution in [2.45, 2.75) is 31.8 Å². The monoisotopic (exact) mass is 153 g/mol. The summed E-state index contributed by atoms with van der Waals surface area (Å²) >= 11 is 0. The minimum absolute atomic E-state index is 0.0774. The van der Waals surface area contributed by atoms with Gasteiger partial charge in [0.2, 0.25) is 0 Å². The maximum absolute atomic E-state index is 10.6. The number of carboxylic acid groups (broad SMARTS) is 1. The molecule has 2 atom stereocenters. The van der Waals surface area contributed by atoms with Crippen LogP contribution in [0.3, 0.4) is 0 Å². The molecule has 0 radical (unpaired) electrons. The standard InChI is InChI=1S/C8H11NO2/c1-3-7-5-4-6(2)9(7)8(10)11/h1,6-7H,4-5H2,2H3,(H,10,11)/t6-,7-/m1/s1. The summed E-state index contributed by atoms with van der Waals surface area (Å²) in [5.74, 6) is 2.47. The summed E-state index contributed by atoms with van der Waals surface area (Å²) in [4.78, 5) is 12.0. The van der Waals surface area contributed by atoms with Crippen LogP contribution >= 0.6 is 0 Å². The van der Waals surface area contributed by atoms with Crippen molar-refractivity contribution in [1.29, 1.82) is 0 Å². The number of rotatable bonds is 0. The summed E-state index contributed by atoms with van der Waals surface area (Å²) in [6.45, 7) is 1.88. The van der Waals surface area contributed by atoms with E-state index in [-0.39, 0.29) is 12.1 Å². The third-order valence-electron chi connectivity index (χ3n) is 2.08. The fourth-order valence-corrected chi connectivity index (χ4v) is 1.47. The van der Waals surface area contributed by atoms with E-state index in [9.17, 15) is 4.79 Å². The first-order valence-corrected chi connectivity index (χ1v) is 3.64. The third kappa shape index (κ3) is 1.30. The van der Waals surface area contributed by atoms with Gasteiger partial charge in [0.25, 0.3) is 0 Å². The molecule has 0 unspecified atom stereocenters. The van der Waals surface area contributed by atoms with Gasteiger partial charge in [0.1, 0.15) is 0 Å². The topological polar surface area (TPSA) is 40.5 Å². The van der Waals surface area contributed by atoms with Gasteiger partial charge in [-0.2, -0.15) is 0 Å². The zero-order valence-corrected chi connectivity index (χ0v) is 6.45. The van der Waals surface area contributed by atoms with Crippen LogP contribution in [0.5, 0.6) is 0 Å². The molecule has 0 spiro atoms. The lowest BCUT2D eigenvalue weighted by atomic mass is 10.2. The summed E-state index contributed by atoms with van der Waals surface area (Å²) < 4.78 is 0. The molecule has 0 aromatic heterocycles. The zero-order valence-electron chi connectivity index (χ0n) is 6.45. The Morgan fingerprint density at radius 3 is 2.73 bits per heavy atom. The number of carbonyl (C=O) groups is 1. The fraction of sp³-hybridized carbons (Fsp3) is 0.625. The second kappa shape index (κ2) is 2.83. The predicted molar refractivity (Wildman–Crippen MR) is 41.2 cm³/mol. The molecule has 1 heterocycles. The van der Waals surface area contributed by atoms with Crippen molar-refractivity contribution in [2.75, 3.05) is 0 Å². The lowest BCUT2D eigenvalue weighted by molar-refractivity contribution is 0.135. The highest BCUT2D eigenvalue weighted by Gasteiger charge is 2.32. The van der Waals surface area contributed by atoms with E-state index in [0.717, 1.165) is 12.8 Å². The van der Waals surface area contributed by atoms with Crippen LogP contribution < -0.4 is 0 Å². The van der Waals surface area contributed by atoms with Gasteiger partial charge >= 0.3 is 6.09 Å². The molecule has 1 aliphatic rings. The van der Waals surface area contributed by atoms with E-state index in [1.807, 2.05) is 6.92 Å². The Balaban J connectivity index is 2.73. The first-order valence-electron chi connectivity index (χ1n) is 3.64. The minimum Gasteiger partial charge on any atom is -0.465 e. The van der Waals surface area contributed by atoms with E-state index >= 15 is 0 Å². The summed E-state index contributed by atoms with van der Waals surface area (Å²) in [6, 6.07) is -0.129. The van der Waals surface area contributed by atoms with Crippen LogP contribution in [-0.4, -0.2) is 28.2 Å². The van der Waals surface area contributed by atoms with Crippen LogP contribution in [0.2, 0.25) is 0 Å². The zero-order chi connectivity index (χ0) is 8.43. The van der Waals surface area contributed by atoms with Gasteiger partial charge < -0.3 is 5.11 Å². The van der Waals surface area contributed by atoms with Gasteiger partial charge in [-0.25, -0.2) is 4.79 Å². The first-order chi connectivity index (χ1) is 5.16.